The molecule has 1 N–H and O–H groups in total. The van der Waals surface area contributed by atoms with Crippen LogP contribution in [-0.4, -0.2) is 11.7 Å². The standard InChI is InChI=1S/C45H27N3O3/c1-2-10-26(11-3-1)43-46-44(28-21-22-32-30-12-4-6-17-36(30)49-39(32)25-28)48-45(47-43)35-16-9-19-38-41(35)34-23-20-27(24-40(34)50-38)29-14-8-15-33-31-13-5-7-18-37(31)51-42(29)33/h1-25,44H,(H,46,47,48). The zero-order valence-corrected chi connectivity index (χ0v) is 27.1. The van der Waals surface area contributed by atoms with E-state index < -0.39 is 6.17 Å². The third kappa shape index (κ3) is 4.36. The summed E-state index contributed by atoms with van der Waals surface area (Å²) in [5.41, 5.74) is 9.93. The van der Waals surface area contributed by atoms with Gasteiger partial charge in [0.2, 0.25) is 0 Å². The van der Waals surface area contributed by atoms with Crippen LogP contribution in [0, 0.1) is 0 Å². The molecule has 0 amide bonds. The Morgan fingerprint density at radius 2 is 1.10 bits per heavy atom. The van der Waals surface area contributed by atoms with Crippen molar-refractivity contribution in [1.82, 2.24) is 5.32 Å². The van der Waals surface area contributed by atoms with E-state index in [0.717, 1.165) is 99.5 Å². The van der Waals surface area contributed by atoms with Crippen LogP contribution in [0.2, 0.25) is 0 Å². The van der Waals surface area contributed by atoms with Crippen LogP contribution in [0.15, 0.2) is 175 Å². The fourth-order valence-electron chi connectivity index (χ4n) is 7.55. The zero-order chi connectivity index (χ0) is 33.5. The number of benzene rings is 7. The molecule has 1 atom stereocenters. The number of hydrogen-bond donors (Lipinski definition) is 1. The van der Waals surface area contributed by atoms with Crippen LogP contribution >= 0.6 is 0 Å². The van der Waals surface area contributed by atoms with Gasteiger partial charge in [0.25, 0.3) is 0 Å². The minimum absolute atomic E-state index is 0.394. The Morgan fingerprint density at radius 1 is 0.451 bits per heavy atom. The molecular formula is C45H27N3O3. The lowest BCUT2D eigenvalue weighted by molar-refractivity contribution is 0.655. The Labute approximate surface area is 291 Å². The number of nitrogens with one attached hydrogen (secondary N) is 1. The third-order valence-electron chi connectivity index (χ3n) is 9.96. The Kier molecular flexibility index (Phi) is 5.92. The van der Waals surface area contributed by atoms with Crippen molar-refractivity contribution in [2.24, 2.45) is 9.98 Å². The number of rotatable bonds is 4. The lowest BCUT2D eigenvalue weighted by Gasteiger charge is -2.24. The van der Waals surface area contributed by atoms with Crippen molar-refractivity contribution < 1.29 is 13.3 Å². The summed E-state index contributed by atoms with van der Waals surface area (Å²) in [7, 11) is 0. The van der Waals surface area contributed by atoms with Crippen LogP contribution in [0.3, 0.4) is 0 Å². The number of para-hydroxylation sites is 3. The van der Waals surface area contributed by atoms with Gasteiger partial charge in [-0.25, -0.2) is 9.98 Å². The molecule has 0 saturated heterocycles. The second-order valence-corrected chi connectivity index (χ2v) is 13.0. The van der Waals surface area contributed by atoms with E-state index in [4.69, 9.17) is 23.2 Å². The fourth-order valence-corrected chi connectivity index (χ4v) is 7.55. The maximum absolute atomic E-state index is 6.55. The minimum atomic E-state index is -0.394. The normalized spacial score (nSPS) is 14.9. The number of aliphatic imine (C=N–C) groups is 2. The quantitative estimate of drug-likeness (QED) is 0.204. The molecule has 1 aliphatic heterocycles. The molecule has 0 aliphatic carbocycles. The minimum Gasteiger partial charge on any atom is -0.456 e. The number of furan rings is 3. The van der Waals surface area contributed by atoms with E-state index in [0.29, 0.717) is 5.84 Å². The van der Waals surface area contributed by atoms with Gasteiger partial charge in [-0.3, -0.25) is 0 Å². The van der Waals surface area contributed by atoms with Crippen LogP contribution in [0.5, 0.6) is 0 Å². The molecule has 4 heterocycles. The molecule has 11 rings (SSSR count). The second-order valence-electron chi connectivity index (χ2n) is 13.0. The first kappa shape index (κ1) is 28.0. The highest BCUT2D eigenvalue weighted by molar-refractivity contribution is 6.22. The topological polar surface area (TPSA) is 76.2 Å². The summed E-state index contributed by atoms with van der Waals surface area (Å²) in [6, 6.07) is 51.6. The predicted molar refractivity (Wildman–Crippen MR) is 206 cm³/mol. The lowest BCUT2D eigenvalue weighted by atomic mass is 9.99. The van der Waals surface area contributed by atoms with E-state index >= 15 is 0 Å². The summed E-state index contributed by atoms with van der Waals surface area (Å²) in [6.07, 6.45) is -0.394. The molecule has 240 valence electrons. The Hall–Kier alpha value is -6.92. The summed E-state index contributed by atoms with van der Waals surface area (Å²) < 4.78 is 19.2. The molecular weight excluding hydrogens is 631 g/mol. The zero-order valence-electron chi connectivity index (χ0n) is 27.1. The monoisotopic (exact) mass is 657 g/mol. The molecule has 1 aliphatic rings. The second kappa shape index (κ2) is 10.8. The highest BCUT2D eigenvalue weighted by Crippen LogP contribution is 2.40. The highest BCUT2D eigenvalue weighted by Gasteiger charge is 2.24. The number of fused-ring (bicyclic) bond motifs is 9. The van der Waals surface area contributed by atoms with Crippen molar-refractivity contribution in [2.75, 3.05) is 0 Å². The van der Waals surface area contributed by atoms with Crippen molar-refractivity contribution in [2.45, 2.75) is 6.17 Å². The van der Waals surface area contributed by atoms with Crippen LogP contribution < -0.4 is 5.32 Å². The Morgan fingerprint density at radius 3 is 1.98 bits per heavy atom. The molecule has 3 aromatic heterocycles. The summed E-state index contributed by atoms with van der Waals surface area (Å²) in [5.74, 6) is 1.38. The molecule has 0 bridgehead atoms. The molecule has 7 aromatic carbocycles. The average molecular weight is 658 g/mol. The summed E-state index contributed by atoms with van der Waals surface area (Å²) in [5, 5.41) is 9.96. The largest absolute Gasteiger partial charge is 0.456 e. The first-order chi connectivity index (χ1) is 25.2. The van der Waals surface area contributed by atoms with Crippen LogP contribution in [-0.2, 0) is 0 Å². The Balaban J connectivity index is 1.06. The Bertz CT molecular complexity index is 3070. The fraction of sp³-hybridized carbons (Fsp3) is 0.0222. The lowest BCUT2D eigenvalue weighted by Crippen LogP contribution is -2.33. The van der Waals surface area contributed by atoms with Crippen LogP contribution in [0.1, 0.15) is 22.9 Å². The highest BCUT2D eigenvalue weighted by atomic mass is 16.3. The number of amidine groups is 2. The molecule has 1 unspecified atom stereocenters. The van der Waals surface area contributed by atoms with Gasteiger partial charge in [-0.15, -0.1) is 0 Å². The molecule has 6 heteroatoms. The van der Waals surface area contributed by atoms with Crippen molar-refractivity contribution >= 4 is 77.5 Å². The van der Waals surface area contributed by atoms with Gasteiger partial charge in [0.15, 0.2) is 5.84 Å². The van der Waals surface area contributed by atoms with Gasteiger partial charge < -0.3 is 18.6 Å². The number of nitrogens with zero attached hydrogens (tertiary/aromatic N) is 2. The van der Waals surface area contributed by atoms with Gasteiger partial charge in [-0.05, 0) is 42.0 Å². The van der Waals surface area contributed by atoms with E-state index in [9.17, 15) is 0 Å². The molecule has 0 saturated carbocycles. The maximum atomic E-state index is 6.55. The molecule has 51 heavy (non-hydrogen) atoms. The van der Waals surface area contributed by atoms with Crippen molar-refractivity contribution in [3.05, 3.63) is 168 Å². The van der Waals surface area contributed by atoms with Gasteiger partial charge in [0.05, 0.1) is 0 Å². The molecule has 0 radical (unpaired) electrons. The van der Waals surface area contributed by atoms with Crippen molar-refractivity contribution in [1.29, 1.82) is 0 Å². The average Bonchev–Trinajstić information content (AvgIpc) is 3.88. The van der Waals surface area contributed by atoms with Gasteiger partial charge >= 0.3 is 0 Å². The van der Waals surface area contributed by atoms with E-state index in [1.54, 1.807) is 0 Å². The number of hydrogen-bond acceptors (Lipinski definition) is 6. The first-order valence-electron chi connectivity index (χ1n) is 17.0. The molecule has 0 fully saturated rings. The summed E-state index contributed by atoms with van der Waals surface area (Å²) in [6.45, 7) is 0. The molecule has 0 spiro atoms. The molecule has 6 nitrogen and oxygen atoms in total. The predicted octanol–water partition coefficient (Wildman–Crippen LogP) is 11.5. The van der Waals surface area contributed by atoms with E-state index in [2.05, 4.69) is 90.2 Å². The van der Waals surface area contributed by atoms with Crippen molar-refractivity contribution in [3.63, 3.8) is 0 Å². The van der Waals surface area contributed by atoms with Gasteiger partial charge in [0, 0.05) is 54.6 Å². The van der Waals surface area contributed by atoms with Crippen LogP contribution in [0.25, 0.3) is 76.9 Å². The smallest absolute Gasteiger partial charge is 0.160 e. The third-order valence-corrected chi connectivity index (χ3v) is 9.96. The SMILES string of the molecule is c1ccc(C2=NC(c3cccc4oc5cc(-c6cccc7c6oc6ccccc67)ccc5c34)=NC(c3ccc4c(c3)oc3ccccc34)N2)cc1. The van der Waals surface area contributed by atoms with Gasteiger partial charge in [-0.2, -0.15) is 0 Å². The maximum Gasteiger partial charge on any atom is 0.160 e. The summed E-state index contributed by atoms with van der Waals surface area (Å²) >= 11 is 0. The van der Waals surface area contributed by atoms with E-state index in [1.807, 2.05) is 66.7 Å². The van der Waals surface area contributed by atoms with Gasteiger partial charge in [-0.1, -0.05) is 115 Å². The van der Waals surface area contributed by atoms with Crippen molar-refractivity contribution in [3.8, 4) is 11.1 Å². The van der Waals surface area contributed by atoms with E-state index in [1.165, 1.54) is 0 Å². The summed E-state index contributed by atoms with van der Waals surface area (Å²) in [4.78, 5) is 10.4. The first-order valence-corrected chi connectivity index (χ1v) is 17.0. The van der Waals surface area contributed by atoms with E-state index in [-0.39, 0.29) is 0 Å². The van der Waals surface area contributed by atoms with Gasteiger partial charge in [0.1, 0.15) is 45.5 Å². The molecule has 10 aromatic rings. The van der Waals surface area contributed by atoms with Crippen LogP contribution in [0.4, 0.5) is 0 Å².